The highest BCUT2D eigenvalue weighted by Crippen LogP contribution is 2.37. The van der Waals surface area contributed by atoms with E-state index < -0.39 is 0 Å². The Morgan fingerprint density at radius 2 is 2.24 bits per heavy atom. The number of aliphatic hydroxyl groups is 1. The molecular formula is C20H26N6OS2. The molecule has 0 radical (unpaired) electrons. The number of anilines is 3. The van der Waals surface area contributed by atoms with Crippen LogP contribution in [0.4, 0.5) is 16.9 Å². The first-order valence-electron chi connectivity index (χ1n) is 10.2. The molecule has 2 saturated heterocycles. The number of aromatic nitrogens is 3. The maximum Gasteiger partial charge on any atom is 0.228 e. The second kappa shape index (κ2) is 7.79. The first kappa shape index (κ1) is 19.2. The van der Waals surface area contributed by atoms with Gasteiger partial charge < -0.3 is 15.3 Å². The quantitative estimate of drug-likeness (QED) is 0.615. The number of piperidine rings is 1. The molecule has 29 heavy (non-hydrogen) atoms. The SMILES string of the molecule is CC[C@H]1C[C@H](N(C)c2nc(Nc3ncc(CO)s3)c3ccsc3n2)C[C@H]2CCN21. The molecule has 2 aliphatic heterocycles. The van der Waals surface area contributed by atoms with Crippen molar-refractivity contribution in [3.05, 3.63) is 22.5 Å². The maximum absolute atomic E-state index is 9.31. The standard InChI is InChI=1S/C20H26N6OS2/c1-3-12-8-14(9-13-4-6-26(12)13)25(2)19-22-17(16-5-7-28-18(16)24-19)23-20-21-10-15(11-27)29-20/h5,7,10,12-14,27H,3-4,6,8-9,11H2,1-2H3,(H,21,22,23,24)/t12-,13+,14-/m0/s1. The Labute approximate surface area is 178 Å². The van der Waals surface area contributed by atoms with Crippen LogP contribution in [0, 0.1) is 0 Å². The molecule has 5 rings (SSSR count). The predicted octanol–water partition coefficient (Wildman–Crippen LogP) is 3.84. The molecule has 3 atom stereocenters. The highest BCUT2D eigenvalue weighted by atomic mass is 32.1. The van der Waals surface area contributed by atoms with E-state index in [2.05, 4.69) is 39.5 Å². The van der Waals surface area contributed by atoms with E-state index >= 15 is 0 Å². The average Bonchev–Trinajstić information content (AvgIpc) is 3.37. The molecule has 0 aromatic carbocycles. The lowest BCUT2D eigenvalue weighted by atomic mass is 9.82. The summed E-state index contributed by atoms with van der Waals surface area (Å²) in [6, 6.07) is 3.90. The summed E-state index contributed by atoms with van der Waals surface area (Å²) in [6.45, 7) is 3.56. The zero-order valence-corrected chi connectivity index (χ0v) is 18.3. The molecule has 3 aromatic heterocycles. The van der Waals surface area contributed by atoms with E-state index in [4.69, 9.17) is 9.97 Å². The van der Waals surface area contributed by atoms with E-state index in [0.29, 0.717) is 12.1 Å². The van der Waals surface area contributed by atoms with Crippen molar-refractivity contribution in [2.75, 3.05) is 23.8 Å². The van der Waals surface area contributed by atoms with Gasteiger partial charge in [-0.15, -0.1) is 11.3 Å². The van der Waals surface area contributed by atoms with Crippen LogP contribution < -0.4 is 10.2 Å². The van der Waals surface area contributed by atoms with Crippen molar-refractivity contribution in [2.24, 2.45) is 0 Å². The van der Waals surface area contributed by atoms with Crippen LogP contribution in [0.5, 0.6) is 0 Å². The molecule has 2 N–H and O–H groups in total. The second-order valence-electron chi connectivity index (χ2n) is 7.91. The highest BCUT2D eigenvalue weighted by Gasteiger charge is 2.41. The lowest BCUT2D eigenvalue weighted by Crippen LogP contribution is -2.61. The molecule has 0 saturated carbocycles. The Hall–Kier alpha value is -1.81. The summed E-state index contributed by atoms with van der Waals surface area (Å²) < 4.78 is 0. The summed E-state index contributed by atoms with van der Waals surface area (Å²) in [5, 5.41) is 16.5. The third kappa shape index (κ3) is 3.50. The molecule has 7 nitrogen and oxygen atoms in total. The molecule has 154 valence electrons. The fourth-order valence-corrected chi connectivity index (χ4v) is 6.00. The molecule has 0 amide bonds. The summed E-state index contributed by atoms with van der Waals surface area (Å²) in [5.41, 5.74) is 0. The fourth-order valence-electron chi connectivity index (χ4n) is 4.57. The molecule has 2 aliphatic rings. The minimum absolute atomic E-state index is 0.00340. The van der Waals surface area contributed by atoms with Crippen LogP contribution in [-0.4, -0.2) is 56.7 Å². The van der Waals surface area contributed by atoms with Gasteiger partial charge in [-0.05, 0) is 37.1 Å². The number of rotatable bonds is 6. The zero-order chi connectivity index (χ0) is 20.0. The molecular weight excluding hydrogens is 404 g/mol. The summed E-state index contributed by atoms with van der Waals surface area (Å²) in [5.74, 6) is 1.55. The van der Waals surface area contributed by atoms with Gasteiger partial charge in [0, 0.05) is 37.9 Å². The van der Waals surface area contributed by atoms with Crippen molar-refractivity contribution in [1.29, 1.82) is 0 Å². The Morgan fingerprint density at radius 3 is 2.97 bits per heavy atom. The molecule has 5 heterocycles. The van der Waals surface area contributed by atoms with Crippen LogP contribution in [0.15, 0.2) is 17.6 Å². The molecule has 3 aromatic rings. The van der Waals surface area contributed by atoms with Gasteiger partial charge in [0.25, 0.3) is 0 Å². The van der Waals surface area contributed by atoms with Gasteiger partial charge >= 0.3 is 0 Å². The minimum Gasteiger partial charge on any atom is -0.391 e. The van der Waals surface area contributed by atoms with Crippen molar-refractivity contribution >= 4 is 49.8 Å². The summed E-state index contributed by atoms with van der Waals surface area (Å²) in [4.78, 5) is 20.9. The Morgan fingerprint density at radius 1 is 1.34 bits per heavy atom. The van der Waals surface area contributed by atoms with Crippen molar-refractivity contribution in [3.8, 4) is 0 Å². The second-order valence-corrected chi connectivity index (χ2v) is 9.91. The third-order valence-corrected chi connectivity index (χ3v) is 8.03. The van der Waals surface area contributed by atoms with Gasteiger partial charge in [0.1, 0.15) is 10.6 Å². The van der Waals surface area contributed by atoms with E-state index in [9.17, 15) is 5.11 Å². The van der Waals surface area contributed by atoms with E-state index in [1.54, 1.807) is 17.5 Å². The van der Waals surface area contributed by atoms with Gasteiger partial charge in [-0.2, -0.15) is 4.98 Å². The lowest BCUT2D eigenvalue weighted by Gasteiger charge is -2.53. The summed E-state index contributed by atoms with van der Waals surface area (Å²) >= 11 is 3.08. The topological polar surface area (TPSA) is 77.4 Å². The van der Waals surface area contributed by atoms with Gasteiger partial charge in [-0.3, -0.25) is 4.90 Å². The lowest BCUT2D eigenvalue weighted by molar-refractivity contribution is -0.00726. The molecule has 9 heteroatoms. The van der Waals surface area contributed by atoms with Gasteiger partial charge in [0.05, 0.1) is 16.9 Å². The average molecular weight is 431 g/mol. The minimum atomic E-state index is 0.00340. The number of nitrogens with one attached hydrogen (secondary N) is 1. The molecule has 0 spiro atoms. The van der Waals surface area contributed by atoms with Crippen LogP contribution in [-0.2, 0) is 6.61 Å². The molecule has 0 unspecified atom stereocenters. The number of nitrogens with zero attached hydrogens (tertiary/aromatic N) is 5. The van der Waals surface area contributed by atoms with E-state index in [1.165, 1.54) is 43.6 Å². The Kier molecular flexibility index (Phi) is 5.15. The van der Waals surface area contributed by atoms with E-state index in [1.807, 2.05) is 6.07 Å². The third-order valence-electron chi connectivity index (χ3n) is 6.33. The van der Waals surface area contributed by atoms with Gasteiger partial charge in [0.2, 0.25) is 5.95 Å². The van der Waals surface area contributed by atoms with Crippen LogP contribution >= 0.6 is 22.7 Å². The first-order chi connectivity index (χ1) is 14.2. The van der Waals surface area contributed by atoms with Crippen molar-refractivity contribution in [1.82, 2.24) is 19.9 Å². The normalized spacial score (nSPS) is 24.3. The van der Waals surface area contributed by atoms with Crippen molar-refractivity contribution in [2.45, 2.75) is 57.3 Å². The van der Waals surface area contributed by atoms with Crippen LogP contribution in [0.2, 0.25) is 0 Å². The summed E-state index contributed by atoms with van der Waals surface area (Å²) in [7, 11) is 2.14. The number of fused-ring (bicyclic) bond motifs is 2. The van der Waals surface area contributed by atoms with E-state index in [-0.39, 0.29) is 6.61 Å². The highest BCUT2D eigenvalue weighted by molar-refractivity contribution is 7.17. The number of thiophene rings is 1. The van der Waals surface area contributed by atoms with Gasteiger partial charge in [0.15, 0.2) is 5.13 Å². The number of hydrogen-bond acceptors (Lipinski definition) is 9. The van der Waals surface area contributed by atoms with Gasteiger partial charge in [-0.1, -0.05) is 18.3 Å². The largest absolute Gasteiger partial charge is 0.391 e. The fraction of sp³-hybridized carbons (Fsp3) is 0.550. The number of thiazole rings is 1. The monoisotopic (exact) mass is 430 g/mol. The van der Waals surface area contributed by atoms with Gasteiger partial charge in [-0.25, -0.2) is 9.97 Å². The van der Waals surface area contributed by atoms with Crippen molar-refractivity contribution in [3.63, 3.8) is 0 Å². The smallest absolute Gasteiger partial charge is 0.228 e. The molecule has 2 fully saturated rings. The van der Waals surface area contributed by atoms with Crippen LogP contribution in [0.25, 0.3) is 10.2 Å². The summed E-state index contributed by atoms with van der Waals surface area (Å²) in [6.07, 6.45) is 6.58. The molecule has 0 bridgehead atoms. The Balaban J connectivity index is 1.43. The number of aliphatic hydroxyl groups excluding tert-OH is 1. The van der Waals surface area contributed by atoms with Crippen LogP contribution in [0.3, 0.4) is 0 Å². The van der Waals surface area contributed by atoms with E-state index in [0.717, 1.165) is 38.0 Å². The van der Waals surface area contributed by atoms with Crippen LogP contribution in [0.1, 0.15) is 37.5 Å². The van der Waals surface area contributed by atoms with Crippen molar-refractivity contribution < 1.29 is 5.11 Å². The number of hydrogen-bond donors (Lipinski definition) is 2. The molecule has 0 aliphatic carbocycles. The first-order valence-corrected chi connectivity index (χ1v) is 11.9. The zero-order valence-electron chi connectivity index (χ0n) is 16.7. The Bertz CT molecular complexity index is 1000. The maximum atomic E-state index is 9.31. The predicted molar refractivity (Wildman–Crippen MR) is 119 cm³/mol.